The van der Waals surface area contributed by atoms with Crippen LogP contribution in [0.15, 0.2) is 42.5 Å². The molecule has 0 aromatic heterocycles. The molecule has 1 saturated heterocycles. The summed E-state index contributed by atoms with van der Waals surface area (Å²) in [5.74, 6) is 0.613. The molecule has 0 bridgehead atoms. The van der Waals surface area contributed by atoms with Crippen LogP contribution in [0.5, 0.6) is 5.75 Å². The number of hydrogen-bond acceptors (Lipinski definition) is 3. The average molecular weight is 338 g/mol. The van der Waals surface area contributed by atoms with Crippen molar-refractivity contribution in [2.45, 2.75) is 39.7 Å². The summed E-state index contributed by atoms with van der Waals surface area (Å²) < 4.78 is 5.84. The standard InChI is InChI=1S/C21H26N2O2/c1-15-6-7-16(2)20(14-15)25-17(3)21(24)22-18-8-10-19(11-9-18)23-12-4-5-13-23/h6-11,14,17H,4-5,12-13H2,1-3H3,(H,22,24)/t17-/m0/s1. The molecule has 132 valence electrons. The van der Waals surface area contributed by atoms with E-state index in [2.05, 4.69) is 22.3 Å². The topological polar surface area (TPSA) is 41.6 Å². The van der Waals surface area contributed by atoms with Crippen LogP contribution in [0.2, 0.25) is 0 Å². The van der Waals surface area contributed by atoms with Crippen molar-refractivity contribution >= 4 is 17.3 Å². The van der Waals surface area contributed by atoms with Crippen molar-refractivity contribution in [2.24, 2.45) is 0 Å². The lowest BCUT2D eigenvalue weighted by molar-refractivity contribution is -0.122. The lowest BCUT2D eigenvalue weighted by atomic mass is 10.1. The fourth-order valence-electron chi connectivity index (χ4n) is 3.05. The zero-order valence-electron chi connectivity index (χ0n) is 15.2. The lowest BCUT2D eigenvalue weighted by Gasteiger charge is -2.19. The maximum atomic E-state index is 12.4. The van der Waals surface area contributed by atoms with Crippen molar-refractivity contribution in [1.29, 1.82) is 0 Å². The van der Waals surface area contributed by atoms with E-state index in [-0.39, 0.29) is 5.91 Å². The van der Waals surface area contributed by atoms with Crippen molar-refractivity contribution < 1.29 is 9.53 Å². The van der Waals surface area contributed by atoms with Gasteiger partial charge in [0.05, 0.1) is 0 Å². The summed E-state index contributed by atoms with van der Waals surface area (Å²) in [4.78, 5) is 14.8. The Kier molecular flexibility index (Phi) is 5.27. The number of rotatable bonds is 5. The van der Waals surface area contributed by atoms with Gasteiger partial charge in [0.1, 0.15) is 5.75 Å². The second kappa shape index (κ2) is 7.60. The third-order valence-electron chi connectivity index (χ3n) is 4.62. The number of benzene rings is 2. The SMILES string of the molecule is Cc1ccc(C)c(O[C@@H](C)C(=O)Nc2ccc(N3CCCC3)cc2)c1. The van der Waals surface area contributed by atoms with Gasteiger partial charge in [0, 0.05) is 24.5 Å². The molecule has 0 radical (unpaired) electrons. The minimum Gasteiger partial charge on any atom is -0.481 e. The number of nitrogens with zero attached hydrogens (tertiary/aromatic N) is 1. The molecule has 4 heteroatoms. The number of ether oxygens (including phenoxy) is 1. The Hall–Kier alpha value is -2.49. The van der Waals surface area contributed by atoms with Gasteiger partial charge in [0.25, 0.3) is 5.91 Å². The van der Waals surface area contributed by atoms with E-state index in [1.807, 2.05) is 44.2 Å². The van der Waals surface area contributed by atoms with Gasteiger partial charge in [-0.15, -0.1) is 0 Å². The highest BCUT2D eigenvalue weighted by atomic mass is 16.5. The van der Waals surface area contributed by atoms with Crippen molar-refractivity contribution in [3.63, 3.8) is 0 Å². The highest BCUT2D eigenvalue weighted by Crippen LogP contribution is 2.23. The van der Waals surface area contributed by atoms with Crippen LogP contribution in [0.4, 0.5) is 11.4 Å². The van der Waals surface area contributed by atoms with Gasteiger partial charge in [0.15, 0.2) is 6.10 Å². The molecule has 1 amide bonds. The van der Waals surface area contributed by atoms with Crippen LogP contribution in [0.3, 0.4) is 0 Å². The van der Waals surface area contributed by atoms with Crippen LogP contribution in [0.1, 0.15) is 30.9 Å². The van der Waals surface area contributed by atoms with Gasteiger partial charge < -0.3 is 15.0 Å². The number of carbonyl (C=O) groups is 1. The maximum absolute atomic E-state index is 12.4. The summed E-state index contributed by atoms with van der Waals surface area (Å²) in [6.07, 6.45) is 1.95. The number of amides is 1. The van der Waals surface area contributed by atoms with E-state index in [9.17, 15) is 4.79 Å². The Balaban J connectivity index is 1.60. The highest BCUT2D eigenvalue weighted by molar-refractivity contribution is 5.94. The van der Waals surface area contributed by atoms with Crippen molar-refractivity contribution in [3.8, 4) is 5.75 Å². The van der Waals surface area contributed by atoms with Gasteiger partial charge in [-0.25, -0.2) is 0 Å². The monoisotopic (exact) mass is 338 g/mol. The molecule has 2 aromatic carbocycles. The van der Waals surface area contributed by atoms with Crippen LogP contribution in [-0.2, 0) is 4.79 Å². The molecule has 1 heterocycles. The number of carbonyl (C=O) groups excluding carboxylic acids is 1. The van der Waals surface area contributed by atoms with Crippen molar-refractivity contribution in [2.75, 3.05) is 23.3 Å². The van der Waals surface area contributed by atoms with E-state index in [1.54, 1.807) is 6.92 Å². The average Bonchev–Trinajstić information content (AvgIpc) is 3.13. The van der Waals surface area contributed by atoms with Crippen LogP contribution >= 0.6 is 0 Å². The Morgan fingerprint density at radius 2 is 1.76 bits per heavy atom. The van der Waals surface area contributed by atoms with E-state index in [1.165, 1.54) is 18.5 Å². The Morgan fingerprint density at radius 3 is 2.44 bits per heavy atom. The van der Waals surface area contributed by atoms with Gasteiger partial charge >= 0.3 is 0 Å². The fraction of sp³-hybridized carbons (Fsp3) is 0.381. The minimum absolute atomic E-state index is 0.144. The third-order valence-corrected chi connectivity index (χ3v) is 4.62. The number of nitrogens with one attached hydrogen (secondary N) is 1. The second-order valence-corrected chi connectivity index (χ2v) is 6.76. The van der Waals surface area contributed by atoms with Gasteiger partial charge in [-0.1, -0.05) is 12.1 Å². The molecule has 2 aromatic rings. The predicted molar refractivity (Wildman–Crippen MR) is 103 cm³/mol. The molecule has 0 aliphatic carbocycles. The van der Waals surface area contributed by atoms with Crippen molar-refractivity contribution in [3.05, 3.63) is 53.6 Å². The molecule has 25 heavy (non-hydrogen) atoms. The van der Waals surface area contributed by atoms with Gasteiger partial charge in [0.2, 0.25) is 0 Å². The summed E-state index contributed by atoms with van der Waals surface area (Å²) in [5.41, 5.74) is 4.16. The molecular formula is C21H26N2O2. The van der Waals surface area contributed by atoms with Crippen LogP contribution in [0.25, 0.3) is 0 Å². The summed E-state index contributed by atoms with van der Waals surface area (Å²) in [6.45, 7) is 8.00. The van der Waals surface area contributed by atoms with E-state index in [0.717, 1.165) is 35.7 Å². The Morgan fingerprint density at radius 1 is 1.08 bits per heavy atom. The second-order valence-electron chi connectivity index (χ2n) is 6.76. The first kappa shape index (κ1) is 17.3. The molecular weight excluding hydrogens is 312 g/mol. The first-order valence-corrected chi connectivity index (χ1v) is 8.93. The van der Waals surface area contributed by atoms with Crippen LogP contribution in [0, 0.1) is 13.8 Å². The van der Waals surface area contributed by atoms with E-state index in [0.29, 0.717) is 0 Å². The molecule has 0 spiro atoms. The van der Waals surface area contributed by atoms with Gasteiger partial charge in [-0.05, 0) is 75.1 Å². The lowest BCUT2D eigenvalue weighted by Crippen LogP contribution is -2.30. The number of aryl methyl sites for hydroxylation is 2. The molecule has 1 fully saturated rings. The van der Waals surface area contributed by atoms with Gasteiger partial charge in [-0.2, -0.15) is 0 Å². The molecule has 1 atom stereocenters. The molecule has 4 nitrogen and oxygen atoms in total. The minimum atomic E-state index is -0.557. The quantitative estimate of drug-likeness (QED) is 0.883. The Bertz CT molecular complexity index is 734. The molecule has 1 N–H and O–H groups in total. The number of hydrogen-bond donors (Lipinski definition) is 1. The maximum Gasteiger partial charge on any atom is 0.265 e. The number of anilines is 2. The smallest absolute Gasteiger partial charge is 0.265 e. The predicted octanol–water partition coefficient (Wildman–Crippen LogP) is 4.31. The third kappa shape index (κ3) is 4.32. The molecule has 0 unspecified atom stereocenters. The van der Waals surface area contributed by atoms with E-state index in [4.69, 9.17) is 4.74 Å². The van der Waals surface area contributed by atoms with Crippen molar-refractivity contribution in [1.82, 2.24) is 0 Å². The summed E-state index contributed by atoms with van der Waals surface area (Å²) >= 11 is 0. The van der Waals surface area contributed by atoms with Gasteiger partial charge in [-0.3, -0.25) is 4.79 Å². The largest absolute Gasteiger partial charge is 0.481 e. The molecule has 1 aliphatic heterocycles. The summed E-state index contributed by atoms with van der Waals surface area (Å²) in [5, 5.41) is 2.93. The summed E-state index contributed by atoms with van der Waals surface area (Å²) in [7, 11) is 0. The van der Waals surface area contributed by atoms with E-state index >= 15 is 0 Å². The Labute approximate surface area is 149 Å². The zero-order valence-corrected chi connectivity index (χ0v) is 15.2. The molecule has 1 aliphatic rings. The fourth-order valence-corrected chi connectivity index (χ4v) is 3.05. The summed E-state index contributed by atoms with van der Waals surface area (Å²) in [6, 6.07) is 14.0. The zero-order chi connectivity index (χ0) is 17.8. The van der Waals surface area contributed by atoms with E-state index < -0.39 is 6.10 Å². The molecule has 0 saturated carbocycles. The first-order valence-electron chi connectivity index (χ1n) is 8.93. The van der Waals surface area contributed by atoms with Crippen LogP contribution < -0.4 is 15.0 Å². The normalized spacial score (nSPS) is 15.1. The first-order chi connectivity index (χ1) is 12.0. The highest BCUT2D eigenvalue weighted by Gasteiger charge is 2.17. The molecule has 3 rings (SSSR count). The van der Waals surface area contributed by atoms with Crippen LogP contribution in [-0.4, -0.2) is 25.1 Å².